The Labute approximate surface area is 179 Å². The van der Waals surface area contributed by atoms with Crippen LogP contribution in [0.15, 0.2) is 73.8 Å². The minimum Gasteiger partial charge on any atom is -0.423 e. The van der Waals surface area contributed by atoms with E-state index in [0.717, 1.165) is 23.5 Å². The van der Waals surface area contributed by atoms with E-state index in [-0.39, 0.29) is 15.1 Å². The molecular weight excluding hydrogens is 422 g/mol. The SMILES string of the molecule is C=CC(=O)Oc1ccc(-c2ccc3c(sc4c(F)c(OC(=O)C=C)ccc43)c2F)cc1. The summed E-state index contributed by atoms with van der Waals surface area (Å²) >= 11 is 0.940. The van der Waals surface area contributed by atoms with Crippen molar-refractivity contribution in [1.82, 2.24) is 0 Å². The second-order valence-corrected chi connectivity index (χ2v) is 7.46. The van der Waals surface area contributed by atoms with Crippen molar-refractivity contribution in [2.75, 3.05) is 0 Å². The number of carbonyl (C=O) groups excluding carboxylic acids is 2. The normalized spacial score (nSPS) is 10.8. The Balaban J connectivity index is 1.78. The highest BCUT2D eigenvalue weighted by Gasteiger charge is 2.19. The van der Waals surface area contributed by atoms with Crippen LogP contribution in [0.2, 0.25) is 0 Å². The molecule has 0 bridgehead atoms. The topological polar surface area (TPSA) is 52.6 Å². The fourth-order valence-electron chi connectivity index (χ4n) is 3.13. The van der Waals surface area contributed by atoms with Crippen LogP contribution in [-0.4, -0.2) is 11.9 Å². The summed E-state index contributed by atoms with van der Waals surface area (Å²) in [5.74, 6) is -2.54. The van der Waals surface area contributed by atoms with E-state index in [0.29, 0.717) is 27.6 Å². The van der Waals surface area contributed by atoms with Gasteiger partial charge in [-0.05, 0) is 29.8 Å². The van der Waals surface area contributed by atoms with Gasteiger partial charge in [-0.3, -0.25) is 0 Å². The number of benzene rings is 3. The van der Waals surface area contributed by atoms with Crippen LogP contribution < -0.4 is 9.47 Å². The number of ether oxygens (including phenoxy) is 2. The second-order valence-electron chi connectivity index (χ2n) is 6.44. The molecule has 4 rings (SSSR count). The van der Waals surface area contributed by atoms with Crippen LogP contribution >= 0.6 is 11.3 Å². The van der Waals surface area contributed by atoms with E-state index in [1.807, 2.05) is 0 Å². The number of halogens is 2. The van der Waals surface area contributed by atoms with Gasteiger partial charge in [0, 0.05) is 28.5 Å². The molecule has 0 saturated heterocycles. The zero-order chi connectivity index (χ0) is 22.1. The molecular formula is C24H14F2O4S. The van der Waals surface area contributed by atoms with Gasteiger partial charge < -0.3 is 9.47 Å². The largest absolute Gasteiger partial charge is 0.423 e. The van der Waals surface area contributed by atoms with E-state index in [4.69, 9.17) is 9.47 Å². The van der Waals surface area contributed by atoms with E-state index in [1.165, 1.54) is 6.07 Å². The van der Waals surface area contributed by atoms with Gasteiger partial charge >= 0.3 is 11.9 Å². The quantitative estimate of drug-likeness (QED) is 0.213. The lowest BCUT2D eigenvalue weighted by atomic mass is 10.0. The summed E-state index contributed by atoms with van der Waals surface area (Å²) in [5.41, 5.74) is 0.885. The predicted molar refractivity (Wildman–Crippen MR) is 116 cm³/mol. The van der Waals surface area contributed by atoms with Gasteiger partial charge in [0.05, 0.1) is 9.40 Å². The average molecular weight is 436 g/mol. The van der Waals surface area contributed by atoms with Crippen LogP contribution in [-0.2, 0) is 9.59 Å². The average Bonchev–Trinajstić information content (AvgIpc) is 3.17. The maximum atomic E-state index is 15.3. The molecule has 154 valence electrons. The van der Waals surface area contributed by atoms with Gasteiger partial charge in [-0.1, -0.05) is 37.4 Å². The highest BCUT2D eigenvalue weighted by atomic mass is 32.1. The molecule has 3 aromatic carbocycles. The third-order valence-corrected chi connectivity index (χ3v) is 5.79. The molecule has 0 N–H and O–H groups in total. The van der Waals surface area contributed by atoms with Crippen molar-refractivity contribution in [3.63, 3.8) is 0 Å². The molecule has 0 unspecified atom stereocenters. The molecule has 0 aliphatic rings. The van der Waals surface area contributed by atoms with Crippen molar-refractivity contribution in [1.29, 1.82) is 0 Å². The van der Waals surface area contributed by atoms with Crippen molar-refractivity contribution in [2.24, 2.45) is 0 Å². The third kappa shape index (κ3) is 3.71. The minimum atomic E-state index is -0.782. The molecule has 0 amide bonds. The number of carbonyl (C=O) groups is 2. The Morgan fingerprint density at radius 3 is 2.00 bits per heavy atom. The van der Waals surface area contributed by atoms with Crippen LogP contribution in [0.1, 0.15) is 0 Å². The highest BCUT2D eigenvalue weighted by molar-refractivity contribution is 7.26. The number of hydrogen-bond donors (Lipinski definition) is 0. The van der Waals surface area contributed by atoms with Crippen molar-refractivity contribution in [3.05, 3.63) is 85.5 Å². The fraction of sp³-hybridized carbons (Fsp3) is 0. The van der Waals surface area contributed by atoms with Crippen LogP contribution in [0.5, 0.6) is 11.5 Å². The molecule has 31 heavy (non-hydrogen) atoms. The number of fused-ring (bicyclic) bond motifs is 3. The van der Waals surface area contributed by atoms with E-state index in [1.54, 1.807) is 42.5 Å². The lowest BCUT2D eigenvalue weighted by Crippen LogP contribution is -2.04. The molecule has 1 aromatic heterocycles. The van der Waals surface area contributed by atoms with E-state index in [2.05, 4.69) is 13.2 Å². The van der Waals surface area contributed by atoms with E-state index >= 15 is 4.39 Å². The molecule has 1 heterocycles. The first-order valence-electron chi connectivity index (χ1n) is 9.05. The maximum absolute atomic E-state index is 15.3. The Kier molecular flexibility index (Phi) is 5.35. The molecule has 0 radical (unpaired) electrons. The molecule has 4 nitrogen and oxygen atoms in total. The van der Waals surface area contributed by atoms with Crippen LogP contribution in [0, 0.1) is 11.6 Å². The lowest BCUT2D eigenvalue weighted by Gasteiger charge is -2.06. The van der Waals surface area contributed by atoms with Crippen LogP contribution in [0.3, 0.4) is 0 Å². The summed E-state index contributed by atoms with van der Waals surface area (Å²) in [6.07, 6.45) is 1.98. The summed E-state index contributed by atoms with van der Waals surface area (Å²) in [4.78, 5) is 22.7. The number of rotatable bonds is 5. The van der Waals surface area contributed by atoms with Crippen LogP contribution in [0.25, 0.3) is 31.3 Å². The molecule has 0 aliphatic heterocycles. The van der Waals surface area contributed by atoms with Gasteiger partial charge in [-0.15, -0.1) is 11.3 Å². The molecule has 0 saturated carbocycles. The predicted octanol–water partition coefficient (Wildman–Crippen LogP) is 6.18. The third-order valence-electron chi connectivity index (χ3n) is 4.58. The first kappa shape index (κ1) is 20.4. The van der Waals surface area contributed by atoms with Crippen molar-refractivity contribution >= 4 is 43.4 Å². The van der Waals surface area contributed by atoms with E-state index < -0.39 is 23.6 Å². The molecule has 0 fully saturated rings. The summed E-state index contributed by atoms with van der Waals surface area (Å²) in [5, 5.41) is 1.08. The molecule has 0 aliphatic carbocycles. The van der Waals surface area contributed by atoms with Crippen molar-refractivity contribution in [3.8, 4) is 22.6 Å². The molecule has 0 atom stereocenters. The molecule has 4 aromatic rings. The summed E-state index contributed by atoms with van der Waals surface area (Å²) < 4.78 is 40.6. The zero-order valence-corrected chi connectivity index (χ0v) is 16.8. The van der Waals surface area contributed by atoms with Gasteiger partial charge in [0.15, 0.2) is 11.6 Å². The monoisotopic (exact) mass is 436 g/mol. The number of thiophene rings is 1. The number of esters is 2. The number of hydrogen-bond acceptors (Lipinski definition) is 5. The Morgan fingerprint density at radius 2 is 1.35 bits per heavy atom. The second kappa shape index (κ2) is 8.12. The van der Waals surface area contributed by atoms with E-state index in [9.17, 15) is 14.0 Å². The van der Waals surface area contributed by atoms with Crippen molar-refractivity contribution in [2.45, 2.75) is 0 Å². The first-order valence-corrected chi connectivity index (χ1v) is 9.86. The molecule has 7 heteroatoms. The summed E-state index contributed by atoms with van der Waals surface area (Å²) in [6, 6.07) is 12.6. The summed E-state index contributed by atoms with van der Waals surface area (Å²) in [7, 11) is 0. The van der Waals surface area contributed by atoms with Crippen LogP contribution in [0.4, 0.5) is 8.78 Å². The Bertz CT molecular complexity index is 1370. The van der Waals surface area contributed by atoms with Gasteiger partial charge in [-0.25, -0.2) is 18.4 Å². The van der Waals surface area contributed by atoms with Gasteiger partial charge in [-0.2, -0.15) is 0 Å². The molecule has 0 spiro atoms. The fourth-order valence-corrected chi connectivity index (χ4v) is 4.30. The van der Waals surface area contributed by atoms with Gasteiger partial charge in [0.2, 0.25) is 0 Å². The lowest BCUT2D eigenvalue weighted by molar-refractivity contribution is -0.129. The highest BCUT2D eigenvalue weighted by Crippen LogP contribution is 2.42. The standard InChI is InChI=1S/C24H14F2O4S/c1-3-19(27)29-14-7-5-13(6-8-14)15-9-10-16-17-11-12-18(30-20(28)4-2)22(26)24(17)31-23(16)21(15)25/h3-12H,1-2H2. The Hall–Kier alpha value is -3.84. The zero-order valence-electron chi connectivity index (χ0n) is 16.0. The first-order chi connectivity index (χ1) is 14.9. The van der Waals surface area contributed by atoms with Gasteiger partial charge in [0.25, 0.3) is 0 Å². The smallest absolute Gasteiger partial charge is 0.335 e. The minimum absolute atomic E-state index is 0.187. The Morgan fingerprint density at radius 1 is 0.774 bits per heavy atom. The maximum Gasteiger partial charge on any atom is 0.335 e. The van der Waals surface area contributed by atoms with Crippen molar-refractivity contribution < 1.29 is 27.8 Å². The van der Waals surface area contributed by atoms with Gasteiger partial charge in [0.1, 0.15) is 11.6 Å². The summed E-state index contributed by atoms with van der Waals surface area (Å²) in [6.45, 7) is 6.62.